The van der Waals surface area contributed by atoms with Crippen molar-refractivity contribution in [3.05, 3.63) is 81.9 Å². The topological polar surface area (TPSA) is 113 Å². The lowest BCUT2D eigenvalue weighted by Crippen LogP contribution is -2.48. The second-order valence-electron chi connectivity index (χ2n) is 8.71. The van der Waals surface area contributed by atoms with Gasteiger partial charge < -0.3 is 9.80 Å². The summed E-state index contributed by atoms with van der Waals surface area (Å²) in [5.41, 5.74) is 2.53. The summed E-state index contributed by atoms with van der Waals surface area (Å²) in [6.45, 7) is 4.74. The number of aromatic nitrogens is 5. The van der Waals surface area contributed by atoms with Crippen molar-refractivity contribution in [3.63, 3.8) is 0 Å². The van der Waals surface area contributed by atoms with Crippen molar-refractivity contribution in [2.24, 2.45) is 0 Å². The summed E-state index contributed by atoms with van der Waals surface area (Å²) in [6.07, 6.45) is 3.18. The summed E-state index contributed by atoms with van der Waals surface area (Å²) in [5, 5.41) is 17.6. The van der Waals surface area contributed by atoms with Crippen LogP contribution in [-0.2, 0) is 17.9 Å². The zero-order valence-electron chi connectivity index (χ0n) is 19.6. The van der Waals surface area contributed by atoms with Crippen molar-refractivity contribution in [2.75, 3.05) is 31.1 Å². The van der Waals surface area contributed by atoms with Crippen LogP contribution in [0.3, 0.4) is 0 Å². The van der Waals surface area contributed by atoms with Gasteiger partial charge in [0.05, 0.1) is 42.1 Å². The van der Waals surface area contributed by atoms with Crippen LogP contribution in [0.2, 0.25) is 0 Å². The number of benzene rings is 2. The molecule has 0 radical (unpaired) electrons. The number of hydrogen-bond donors (Lipinski definition) is 0. The highest BCUT2D eigenvalue weighted by molar-refractivity contribution is 5.81. The standard InChI is InChI=1S/C25H23FN8O2/c1-17(35)31-6-8-32(9-7-31)21-4-5-24-22(11-21)25(36)33(16-28-24)14-20-15-34(30-29-20)13-18-2-3-19(12-27)23(26)10-18/h2-5,10-11,15-16H,6-9,13-14H2,1H3. The predicted octanol–water partition coefficient (Wildman–Crippen LogP) is 1.76. The van der Waals surface area contributed by atoms with Crippen LogP contribution in [0.15, 0.2) is 53.7 Å². The van der Waals surface area contributed by atoms with Crippen LogP contribution in [0, 0.1) is 17.1 Å². The number of nitrogens with zero attached hydrogens (tertiary/aromatic N) is 8. The molecule has 4 aromatic rings. The fraction of sp³-hybridized carbons (Fsp3) is 0.280. The van der Waals surface area contributed by atoms with Gasteiger partial charge in [-0.1, -0.05) is 11.3 Å². The highest BCUT2D eigenvalue weighted by Crippen LogP contribution is 2.20. The molecule has 1 saturated heterocycles. The van der Waals surface area contributed by atoms with Gasteiger partial charge in [-0.25, -0.2) is 14.1 Å². The zero-order valence-corrected chi connectivity index (χ0v) is 19.6. The fourth-order valence-electron chi connectivity index (χ4n) is 4.33. The summed E-state index contributed by atoms with van der Waals surface area (Å²) >= 11 is 0. The summed E-state index contributed by atoms with van der Waals surface area (Å²) in [4.78, 5) is 33.2. The van der Waals surface area contributed by atoms with Gasteiger partial charge in [0.15, 0.2) is 0 Å². The van der Waals surface area contributed by atoms with E-state index in [2.05, 4.69) is 20.2 Å². The average Bonchev–Trinajstić information content (AvgIpc) is 3.32. The number of carbonyl (C=O) groups is 1. The molecule has 0 bridgehead atoms. The minimum Gasteiger partial charge on any atom is -0.368 e. The normalized spacial score (nSPS) is 13.7. The molecule has 0 spiro atoms. The number of anilines is 1. The number of rotatable bonds is 5. The third-order valence-corrected chi connectivity index (χ3v) is 6.31. The summed E-state index contributed by atoms with van der Waals surface area (Å²) in [6, 6.07) is 11.8. The Morgan fingerprint density at radius 3 is 2.64 bits per heavy atom. The number of carbonyl (C=O) groups excluding carboxylic acids is 1. The Balaban J connectivity index is 1.33. The Morgan fingerprint density at radius 2 is 1.92 bits per heavy atom. The molecule has 2 aromatic heterocycles. The number of hydrogen-bond acceptors (Lipinski definition) is 7. The van der Waals surface area contributed by atoms with Crippen molar-refractivity contribution in [3.8, 4) is 6.07 Å². The van der Waals surface area contributed by atoms with Gasteiger partial charge in [0, 0.05) is 38.8 Å². The minimum absolute atomic E-state index is 0.0114. The van der Waals surface area contributed by atoms with Crippen LogP contribution >= 0.6 is 0 Å². The molecule has 2 aromatic carbocycles. The predicted molar refractivity (Wildman–Crippen MR) is 130 cm³/mol. The number of fused-ring (bicyclic) bond motifs is 1. The van der Waals surface area contributed by atoms with Gasteiger partial charge in [-0.2, -0.15) is 5.26 Å². The van der Waals surface area contributed by atoms with Crippen molar-refractivity contribution >= 4 is 22.5 Å². The van der Waals surface area contributed by atoms with Crippen molar-refractivity contribution in [1.82, 2.24) is 29.4 Å². The van der Waals surface area contributed by atoms with Gasteiger partial charge in [-0.3, -0.25) is 14.2 Å². The first-order valence-corrected chi connectivity index (χ1v) is 11.5. The highest BCUT2D eigenvalue weighted by atomic mass is 19.1. The van der Waals surface area contributed by atoms with Crippen LogP contribution in [0.1, 0.15) is 23.7 Å². The first kappa shape index (κ1) is 23.2. The quantitative estimate of drug-likeness (QED) is 0.422. The van der Waals surface area contributed by atoms with Gasteiger partial charge in [0.25, 0.3) is 5.56 Å². The largest absolute Gasteiger partial charge is 0.368 e. The van der Waals surface area contributed by atoms with Crippen LogP contribution in [0.5, 0.6) is 0 Å². The number of piperazine rings is 1. The molecule has 5 rings (SSSR count). The summed E-state index contributed by atoms with van der Waals surface area (Å²) < 4.78 is 16.9. The maximum absolute atomic E-state index is 13.9. The second kappa shape index (κ2) is 9.58. The average molecular weight is 487 g/mol. The van der Waals surface area contributed by atoms with Gasteiger partial charge >= 0.3 is 0 Å². The second-order valence-corrected chi connectivity index (χ2v) is 8.71. The molecule has 11 heteroatoms. The first-order chi connectivity index (χ1) is 17.4. The molecule has 3 heterocycles. The lowest BCUT2D eigenvalue weighted by molar-refractivity contribution is -0.129. The monoisotopic (exact) mass is 486 g/mol. The van der Waals surface area contributed by atoms with E-state index < -0.39 is 5.82 Å². The molecular formula is C25H23FN8O2. The Labute approximate surface area is 205 Å². The molecule has 0 atom stereocenters. The van der Waals surface area contributed by atoms with Crippen LogP contribution < -0.4 is 10.5 Å². The van der Waals surface area contributed by atoms with E-state index in [0.717, 1.165) is 5.69 Å². The maximum atomic E-state index is 13.9. The molecule has 0 unspecified atom stereocenters. The molecule has 0 N–H and O–H groups in total. The van der Waals surface area contributed by atoms with E-state index in [1.807, 2.05) is 23.1 Å². The van der Waals surface area contributed by atoms with Gasteiger partial charge in [-0.05, 0) is 35.9 Å². The SMILES string of the molecule is CC(=O)N1CCN(c2ccc3ncn(Cc4cn(Cc5ccc(C#N)c(F)c5)nn4)c(=O)c3c2)CC1. The van der Waals surface area contributed by atoms with E-state index in [0.29, 0.717) is 48.3 Å². The van der Waals surface area contributed by atoms with Crippen molar-refractivity contribution < 1.29 is 9.18 Å². The number of nitriles is 1. The van der Waals surface area contributed by atoms with Gasteiger partial charge in [0.2, 0.25) is 5.91 Å². The Morgan fingerprint density at radius 1 is 1.11 bits per heavy atom. The Kier molecular flexibility index (Phi) is 6.16. The van der Waals surface area contributed by atoms with E-state index >= 15 is 0 Å². The van der Waals surface area contributed by atoms with E-state index in [-0.39, 0.29) is 30.1 Å². The van der Waals surface area contributed by atoms with E-state index in [1.54, 1.807) is 29.9 Å². The Hall–Kier alpha value is -4.59. The molecule has 0 saturated carbocycles. The maximum Gasteiger partial charge on any atom is 0.261 e. The molecular weight excluding hydrogens is 463 g/mol. The summed E-state index contributed by atoms with van der Waals surface area (Å²) in [7, 11) is 0. The molecule has 1 aliphatic heterocycles. The molecule has 0 aliphatic carbocycles. The lowest BCUT2D eigenvalue weighted by Gasteiger charge is -2.35. The molecule has 1 aliphatic rings. The van der Waals surface area contributed by atoms with Crippen molar-refractivity contribution in [1.29, 1.82) is 5.26 Å². The molecule has 182 valence electrons. The highest BCUT2D eigenvalue weighted by Gasteiger charge is 2.19. The molecule has 36 heavy (non-hydrogen) atoms. The number of amides is 1. The van der Waals surface area contributed by atoms with Crippen molar-refractivity contribution in [2.45, 2.75) is 20.0 Å². The molecule has 10 nitrogen and oxygen atoms in total. The van der Waals surface area contributed by atoms with Gasteiger partial charge in [-0.15, -0.1) is 5.10 Å². The fourth-order valence-corrected chi connectivity index (χ4v) is 4.33. The number of halogens is 1. The zero-order chi connectivity index (χ0) is 25.2. The Bertz CT molecular complexity index is 1550. The summed E-state index contributed by atoms with van der Waals surface area (Å²) in [5.74, 6) is -0.509. The van der Waals surface area contributed by atoms with Crippen LogP contribution in [0.4, 0.5) is 10.1 Å². The first-order valence-electron chi connectivity index (χ1n) is 11.5. The van der Waals surface area contributed by atoms with Crippen LogP contribution in [-0.4, -0.2) is 61.5 Å². The molecule has 1 amide bonds. The van der Waals surface area contributed by atoms with E-state index in [4.69, 9.17) is 5.26 Å². The van der Waals surface area contributed by atoms with Crippen LogP contribution in [0.25, 0.3) is 10.9 Å². The smallest absolute Gasteiger partial charge is 0.261 e. The van der Waals surface area contributed by atoms with Gasteiger partial charge in [0.1, 0.15) is 17.6 Å². The molecule has 1 fully saturated rings. The van der Waals surface area contributed by atoms with E-state index in [9.17, 15) is 14.0 Å². The third kappa shape index (κ3) is 4.65. The van der Waals surface area contributed by atoms with E-state index in [1.165, 1.54) is 23.0 Å². The lowest BCUT2D eigenvalue weighted by atomic mass is 10.1. The minimum atomic E-state index is -0.579. The third-order valence-electron chi connectivity index (χ3n) is 6.31.